The monoisotopic (exact) mass is 228 g/mol. The van der Waals surface area contributed by atoms with Crippen molar-refractivity contribution in [1.29, 1.82) is 0 Å². The van der Waals surface area contributed by atoms with Crippen molar-refractivity contribution in [3.8, 4) is 0 Å². The lowest BCUT2D eigenvalue weighted by Gasteiger charge is -2.35. The van der Waals surface area contributed by atoms with E-state index in [4.69, 9.17) is 5.73 Å². The highest BCUT2D eigenvalue weighted by molar-refractivity contribution is 5.81. The molecule has 0 saturated carbocycles. The Balaban J connectivity index is 4.69. The van der Waals surface area contributed by atoms with E-state index in [2.05, 4.69) is 20.8 Å². The number of hydrogen-bond donors (Lipinski definition) is 1. The molecule has 1 amide bonds. The molecule has 0 fully saturated rings. The van der Waals surface area contributed by atoms with Gasteiger partial charge < -0.3 is 10.6 Å². The van der Waals surface area contributed by atoms with Gasteiger partial charge in [0, 0.05) is 18.5 Å². The van der Waals surface area contributed by atoms with Crippen LogP contribution < -0.4 is 5.73 Å². The van der Waals surface area contributed by atoms with Crippen molar-refractivity contribution in [3.05, 3.63) is 0 Å². The number of rotatable bonds is 6. The molecule has 0 rings (SSSR count). The summed E-state index contributed by atoms with van der Waals surface area (Å²) in [4.78, 5) is 14.2. The Morgan fingerprint density at radius 3 is 2.00 bits per heavy atom. The summed E-state index contributed by atoms with van der Waals surface area (Å²) in [7, 11) is 0. The summed E-state index contributed by atoms with van der Waals surface area (Å²) in [6.07, 6.45) is 0.866. The van der Waals surface area contributed by atoms with Crippen LogP contribution in [0, 0.1) is 10.8 Å². The van der Waals surface area contributed by atoms with Crippen LogP contribution in [-0.4, -0.2) is 30.4 Å². The van der Waals surface area contributed by atoms with Crippen molar-refractivity contribution in [3.63, 3.8) is 0 Å². The van der Waals surface area contributed by atoms with E-state index >= 15 is 0 Å². The molecule has 96 valence electrons. The first-order valence-electron chi connectivity index (χ1n) is 6.19. The summed E-state index contributed by atoms with van der Waals surface area (Å²) in [5.41, 5.74) is 5.45. The molecule has 0 atom stereocenters. The molecule has 2 N–H and O–H groups in total. The number of amides is 1. The van der Waals surface area contributed by atoms with Crippen LogP contribution in [0.4, 0.5) is 0 Å². The fourth-order valence-electron chi connectivity index (χ4n) is 1.49. The Morgan fingerprint density at radius 2 is 1.69 bits per heavy atom. The van der Waals surface area contributed by atoms with Gasteiger partial charge in [0.15, 0.2) is 0 Å². The molecule has 0 aliphatic rings. The van der Waals surface area contributed by atoms with Crippen LogP contribution in [0.2, 0.25) is 0 Å². The van der Waals surface area contributed by atoms with Crippen molar-refractivity contribution in [2.24, 2.45) is 16.6 Å². The third-order valence-electron chi connectivity index (χ3n) is 3.30. The Hall–Kier alpha value is -0.570. The second-order valence-corrected chi connectivity index (χ2v) is 5.93. The summed E-state index contributed by atoms with van der Waals surface area (Å²) >= 11 is 0. The molecule has 0 aromatic carbocycles. The minimum atomic E-state index is -0.263. The van der Waals surface area contributed by atoms with Gasteiger partial charge in [-0.05, 0) is 25.3 Å². The first-order chi connectivity index (χ1) is 7.20. The molecular weight excluding hydrogens is 200 g/mol. The van der Waals surface area contributed by atoms with Gasteiger partial charge in [0.2, 0.25) is 5.91 Å². The molecular formula is C13H28N2O. The Morgan fingerprint density at radius 1 is 1.19 bits per heavy atom. The molecule has 0 aliphatic carbocycles. The first kappa shape index (κ1) is 15.4. The number of nitrogens with two attached hydrogens (primary N) is 1. The molecule has 0 aromatic heterocycles. The van der Waals surface area contributed by atoms with E-state index < -0.39 is 0 Å². The fraction of sp³-hybridized carbons (Fsp3) is 0.923. The maximum Gasteiger partial charge on any atom is 0.228 e. The van der Waals surface area contributed by atoms with Gasteiger partial charge in [-0.15, -0.1) is 0 Å². The molecule has 0 radical (unpaired) electrons. The molecule has 0 aliphatic heterocycles. The lowest BCUT2D eigenvalue weighted by Crippen LogP contribution is -2.46. The van der Waals surface area contributed by atoms with Gasteiger partial charge in [0.1, 0.15) is 0 Å². The zero-order valence-corrected chi connectivity index (χ0v) is 11.8. The van der Waals surface area contributed by atoms with Gasteiger partial charge in [-0.2, -0.15) is 0 Å². The van der Waals surface area contributed by atoms with Gasteiger partial charge in [-0.3, -0.25) is 4.79 Å². The third-order valence-corrected chi connectivity index (χ3v) is 3.30. The van der Waals surface area contributed by atoms with Crippen LogP contribution in [0.15, 0.2) is 0 Å². The Labute approximate surface area is 100 Å². The predicted octanol–water partition coefficient (Wildman–Crippen LogP) is 2.26. The van der Waals surface area contributed by atoms with E-state index in [9.17, 15) is 4.79 Å². The molecule has 0 unspecified atom stereocenters. The van der Waals surface area contributed by atoms with Gasteiger partial charge in [-0.25, -0.2) is 0 Å². The number of nitrogens with zero attached hydrogens (tertiary/aromatic N) is 1. The zero-order chi connectivity index (χ0) is 13.0. The normalized spacial score (nSPS) is 12.7. The molecule has 0 bridgehead atoms. The smallest absolute Gasteiger partial charge is 0.228 e. The topological polar surface area (TPSA) is 46.3 Å². The zero-order valence-electron chi connectivity index (χ0n) is 11.8. The molecule has 16 heavy (non-hydrogen) atoms. The van der Waals surface area contributed by atoms with Crippen LogP contribution in [0.5, 0.6) is 0 Å². The van der Waals surface area contributed by atoms with Crippen LogP contribution in [0.25, 0.3) is 0 Å². The summed E-state index contributed by atoms with van der Waals surface area (Å²) in [6.45, 7) is 14.4. The van der Waals surface area contributed by atoms with Crippen LogP contribution in [-0.2, 0) is 4.79 Å². The lowest BCUT2D eigenvalue weighted by molar-refractivity contribution is -0.141. The van der Waals surface area contributed by atoms with E-state index in [-0.39, 0.29) is 16.7 Å². The molecule has 0 spiro atoms. The standard InChI is InChI=1S/C13H28N2O/c1-7-13(5,6)11(16)15(8-2)10-12(3,4)9-14/h7-10,14H2,1-6H3. The second-order valence-electron chi connectivity index (χ2n) is 5.93. The summed E-state index contributed by atoms with van der Waals surface area (Å²) in [6, 6.07) is 0. The highest BCUT2D eigenvalue weighted by Crippen LogP contribution is 2.25. The van der Waals surface area contributed by atoms with Crippen LogP contribution >= 0.6 is 0 Å². The van der Waals surface area contributed by atoms with Gasteiger partial charge in [-0.1, -0.05) is 34.6 Å². The van der Waals surface area contributed by atoms with Crippen molar-refractivity contribution >= 4 is 5.91 Å². The summed E-state index contributed by atoms with van der Waals surface area (Å²) < 4.78 is 0. The summed E-state index contributed by atoms with van der Waals surface area (Å²) in [5.74, 6) is 0.235. The molecule has 3 heteroatoms. The average molecular weight is 228 g/mol. The Bertz CT molecular complexity index is 234. The number of hydrogen-bond acceptors (Lipinski definition) is 2. The highest BCUT2D eigenvalue weighted by Gasteiger charge is 2.32. The van der Waals surface area contributed by atoms with E-state index in [1.807, 2.05) is 25.7 Å². The second kappa shape index (κ2) is 5.67. The molecule has 0 saturated heterocycles. The lowest BCUT2D eigenvalue weighted by atomic mass is 9.86. The van der Waals surface area contributed by atoms with Gasteiger partial charge in [0.05, 0.1) is 0 Å². The Kier molecular flexibility index (Phi) is 5.47. The minimum Gasteiger partial charge on any atom is -0.342 e. The molecule has 0 aromatic rings. The van der Waals surface area contributed by atoms with Crippen molar-refractivity contribution in [1.82, 2.24) is 4.90 Å². The largest absolute Gasteiger partial charge is 0.342 e. The van der Waals surface area contributed by atoms with Crippen molar-refractivity contribution in [2.45, 2.75) is 48.0 Å². The summed E-state index contributed by atoms with van der Waals surface area (Å²) in [5, 5.41) is 0. The molecule has 3 nitrogen and oxygen atoms in total. The SMILES string of the molecule is CCN(CC(C)(C)CN)C(=O)C(C)(C)CC. The van der Waals surface area contributed by atoms with E-state index in [1.165, 1.54) is 0 Å². The highest BCUT2D eigenvalue weighted by atomic mass is 16.2. The van der Waals surface area contributed by atoms with Crippen LogP contribution in [0.3, 0.4) is 0 Å². The maximum absolute atomic E-state index is 12.3. The molecule has 0 heterocycles. The predicted molar refractivity (Wildman–Crippen MR) is 69.2 cm³/mol. The average Bonchev–Trinajstić information content (AvgIpc) is 2.25. The van der Waals surface area contributed by atoms with Crippen molar-refractivity contribution in [2.75, 3.05) is 19.6 Å². The van der Waals surface area contributed by atoms with E-state index in [1.54, 1.807) is 0 Å². The third kappa shape index (κ3) is 4.12. The van der Waals surface area contributed by atoms with Gasteiger partial charge >= 0.3 is 0 Å². The van der Waals surface area contributed by atoms with Crippen molar-refractivity contribution < 1.29 is 4.79 Å². The van der Waals surface area contributed by atoms with Gasteiger partial charge in [0.25, 0.3) is 0 Å². The van der Waals surface area contributed by atoms with Crippen LogP contribution in [0.1, 0.15) is 48.0 Å². The maximum atomic E-state index is 12.3. The minimum absolute atomic E-state index is 0.00447. The fourth-order valence-corrected chi connectivity index (χ4v) is 1.49. The number of carbonyl (C=O) groups is 1. The van der Waals surface area contributed by atoms with E-state index in [0.29, 0.717) is 6.54 Å². The van der Waals surface area contributed by atoms with E-state index in [0.717, 1.165) is 19.5 Å². The quantitative estimate of drug-likeness (QED) is 0.758. The first-order valence-corrected chi connectivity index (χ1v) is 6.19. The number of carbonyl (C=O) groups excluding carboxylic acids is 1.